The maximum atomic E-state index is 3.70. The summed E-state index contributed by atoms with van der Waals surface area (Å²) in [7, 11) is 0. The lowest BCUT2D eigenvalue weighted by atomic mass is 9.81. The van der Waals surface area contributed by atoms with Crippen LogP contribution in [-0.4, -0.2) is 0 Å². The lowest BCUT2D eigenvalue weighted by Gasteiger charge is -2.23. The molecule has 0 amide bonds. The maximum absolute atomic E-state index is 3.70. The van der Waals surface area contributed by atoms with Gasteiger partial charge in [-0.25, -0.2) is 0 Å². The summed E-state index contributed by atoms with van der Waals surface area (Å²) in [6.07, 6.45) is 17.4. The average molecular weight is 383 g/mol. The molecule has 0 atom stereocenters. The van der Waals surface area contributed by atoms with Crippen molar-refractivity contribution in [2.24, 2.45) is 0 Å². The highest BCUT2D eigenvalue weighted by atomic mass is 14.2. The van der Waals surface area contributed by atoms with Gasteiger partial charge in [-0.1, -0.05) is 91.9 Å². The second kappa shape index (κ2) is 14.7. The van der Waals surface area contributed by atoms with E-state index in [2.05, 4.69) is 53.4 Å². The molecule has 0 aliphatic carbocycles. The normalized spacial score (nSPS) is 10.8. The highest BCUT2D eigenvalue weighted by Gasteiger charge is 2.19. The van der Waals surface area contributed by atoms with Crippen LogP contribution >= 0.6 is 0 Å². The molecule has 158 valence electrons. The van der Waals surface area contributed by atoms with E-state index in [1.165, 1.54) is 63.4 Å². The minimum Gasteiger partial charge on any atom is -0.0979 e. The first-order valence-corrected chi connectivity index (χ1v) is 12.4. The van der Waals surface area contributed by atoms with Gasteiger partial charge in [-0.2, -0.15) is 0 Å². The van der Waals surface area contributed by atoms with Gasteiger partial charge in [0.25, 0.3) is 0 Å². The highest BCUT2D eigenvalue weighted by molar-refractivity contribution is 5.58. The van der Waals surface area contributed by atoms with Crippen molar-refractivity contribution in [1.82, 2.24) is 0 Å². The Morgan fingerprint density at radius 1 is 0.500 bits per heavy atom. The van der Waals surface area contributed by atoms with Gasteiger partial charge in [0.05, 0.1) is 0 Å². The number of hydrogen-bond donors (Lipinski definition) is 0. The van der Waals surface area contributed by atoms with Gasteiger partial charge in [0.2, 0.25) is 0 Å². The Morgan fingerprint density at radius 3 is 1.54 bits per heavy atom. The van der Waals surface area contributed by atoms with Gasteiger partial charge < -0.3 is 0 Å². The van der Waals surface area contributed by atoms with E-state index >= 15 is 0 Å². The van der Waals surface area contributed by atoms with Crippen LogP contribution in [0.2, 0.25) is 0 Å². The number of unbranched alkanes of at least 4 members (excludes halogenated alkanes) is 7. The average Bonchev–Trinajstić information content (AvgIpc) is 2.72. The molecule has 0 heterocycles. The Morgan fingerprint density at radius 2 is 1.00 bits per heavy atom. The first-order valence-electron chi connectivity index (χ1n) is 12.4. The smallest absolute Gasteiger partial charge is 0.0314 e. The summed E-state index contributed by atoms with van der Waals surface area (Å²) in [6, 6.07) is 0. The van der Waals surface area contributed by atoms with Crippen LogP contribution < -0.4 is 0 Å². The molecular weight excluding hydrogens is 336 g/mol. The fourth-order valence-corrected chi connectivity index (χ4v) is 4.65. The molecule has 1 rings (SSSR count). The summed E-state index contributed by atoms with van der Waals surface area (Å²) in [5.74, 6) is 7.27. The highest BCUT2D eigenvalue weighted by Crippen LogP contribution is 2.31. The predicted octanol–water partition coefficient (Wildman–Crippen LogP) is 8.38. The Labute approximate surface area is 176 Å². The topological polar surface area (TPSA) is 0 Å². The van der Waals surface area contributed by atoms with E-state index < -0.39 is 0 Å². The van der Waals surface area contributed by atoms with Gasteiger partial charge in [0, 0.05) is 12.0 Å². The molecule has 0 N–H and O–H groups in total. The SMILES string of the molecule is CCCCCCC#Cc1c(CC)c(CC)c(CC)c(CC)c1CCCCCC. The molecule has 0 nitrogen and oxygen atoms in total. The van der Waals surface area contributed by atoms with Crippen LogP contribution in [0.25, 0.3) is 0 Å². The van der Waals surface area contributed by atoms with Crippen LogP contribution in [0.1, 0.15) is 133 Å². The maximum Gasteiger partial charge on any atom is 0.0314 e. The molecule has 0 bridgehead atoms. The summed E-state index contributed by atoms with van der Waals surface area (Å²) < 4.78 is 0. The fraction of sp³-hybridized carbons (Fsp3) is 0.714. The van der Waals surface area contributed by atoms with Gasteiger partial charge in [0.1, 0.15) is 0 Å². The third-order valence-electron chi connectivity index (χ3n) is 6.12. The zero-order chi connectivity index (χ0) is 20.8. The fourth-order valence-electron chi connectivity index (χ4n) is 4.65. The van der Waals surface area contributed by atoms with Crippen LogP contribution in [0, 0.1) is 11.8 Å². The number of hydrogen-bond acceptors (Lipinski definition) is 0. The standard InChI is InChI=1S/C28H46/c1-7-13-15-17-18-20-22-28-26(12-6)24(10-4)23(9-3)25(11-5)27(28)21-19-16-14-8-2/h7-19,21H2,1-6H3. The lowest BCUT2D eigenvalue weighted by Crippen LogP contribution is -2.11. The second-order valence-electron chi connectivity index (χ2n) is 8.11. The number of benzene rings is 1. The molecule has 0 radical (unpaired) electrons. The Balaban J connectivity index is 3.34. The van der Waals surface area contributed by atoms with E-state index in [9.17, 15) is 0 Å². The van der Waals surface area contributed by atoms with Gasteiger partial charge in [-0.15, -0.1) is 0 Å². The molecule has 0 aliphatic heterocycles. The van der Waals surface area contributed by atoms with Crippen molar-refractivity contribution in [3.63, 3.8) is 0 Å². The van der Waals surface area contributed by atoms with Crippen molar-refractivity contribution in [3.05, 3.63) is 33.4 Å². The van der Waals surface area contributed by atoms with Crippen molar-refractivity contribution in [2.75, 3.05) is 0 Å². The third kappa shape index (κ3) is 6.99. The molecule has 28 heavy (non-hydrogen) atoms. The molecule has 0 unspecified atom stereocenters. The van der Waals surface area contributed by atoms with Crippen molar-refractivity contribution in [1.29, 1.82) is 0 Å². The molecule has 0 heteroatoms. The van der Waals surface area contributed by atoms with Crippen molar-refractivity contribution in [2.45, 2.75) is 131 Å². The van der Waals surface area contributed by atoms with E-state index in [1.807, 2.05) is 0 Å². The first-order chi connectivity index (χ1) is 13.7. The van der Waals surface area contributed by atoms with E-state index in [-0.39, 0.29) is 0 Å². The van der Waals surface area contributed by atoms with Gasteiger partial charge in [0.15, 0.2) is 0 Å². The molecule has 0 saturated heterocycles. The van der Waals surface area contributed by atoms with Gasteiger partial charge in [-0.05, 0) is 72.8 Å². The zero-order valence-corrected chi connectivity index (χ0v) is 19.9. The zero-order valence-electron chi connectivity index (χ0n) is 19.9. The predicted molar refractivity (Wildman–Crippen MR) is 127 cm³/mol. The Bertz CT molecular complexity index is 624. The van der Waals surface area contributed by atoms with Crippen LogP contribution in [0.4, 0.5) is 0 Å². The molecule has 0 aliphatic rings. The van der Waals surface area contributed by atoms with Crippen LogP contribution in [0.5, 0.6) is 0 Å². The minimum atomic E-state index is 1.05. The molecule has 1 aromatic carbocycles. The molecule has 0 aromatic heterocycles. The van der Waals surface area contributed by atoms with Crippen molar-refractivity contribution in [3.8, 4) is 11.8 Å². The van der Waals surface area contributed by atoms with Crippen LogP contribution in [-0.2, 0) is 32.1 Å². The lowest BCUT2D eigenvalue weighted by molar-refractivity contribution is 0.662. The molecule has 0 saturated carbocycles. The molecule has 0 fully saturated rings. The van der Waals surface area contributed by atoms with Crippen LogP contribution in [0.3, 0.4) is 0 Å². The van der Waals surface area contributed by atoms with E-state index in [0.29, 0.717) is 0 Å². The van der Waals surface area contributed by atoms with E-state index in [4.69, 9.17) is 0 Å². The first kappa shape index (κ1) is 24.8. The summed E-state index contributed by atoms with van der Waals surface area (Å²) in [5, 5.41) is 0. The number of rotatable bonds is 13. The third-order valence-corrected chi connectivity index (χ3v) is 6.12. The molecule has 0 spiro atoms. The Kier molecular flexibility index (Phi) is 13.1. The summed E-state index contributed by atoms with van der Waals surface area (Å²) >= 11 is 0. The van der Waals surface area contributed by atoms with E-state index in [0.717, 1.165) is 32.1 Å². The van der Waals surface area contributed by atoms with Crippen molar-refractivity contribution >= 4 is 0 Å². The monoisotopic (exact) mass is 382 g/mol. The summed E-state index contributed by atoms with van der Waals surface area (Å²) in [4.78, 5) is 0. The van der Waals surface area contributed by atoms with E-state index in [1.54, 1.807) is 27.8 Å². The largest absolute Gasteiger partial charge is 0.0979 e. The quantitative estimate of drug-likeness (QED) is 0.237. The van der Waals surface area contributed by atoms with Crippen LogP contribution in [0.15, 0.2) is 0 Å². The second-order valence-corrected chi connectivity index (χ2v) is 8.11. The van der Waals surface area contributed by atoms with Crippen molar-refractivity contribution < 1.29 is 0 Å². The Hall–Kier alpha value is -1.22. The molecular formula is C28H46. The van der Waals surface area contributed by atoms with Gasteiger partial charge >= 0.3 is 0 Å². The summed E-state index contributed by atoms with van der Waals surface area (Å²) in [5.41, 5.74) is 9.45. The molecule has 1 aromatic rings. The summed E-state index contributed by atoms with van der Waals surface area (Å²) in [6.45, 7) is 13.9. The van der Waals surface area contributed by atoms with Gasteiger partial charge in [-0.3, -0.25) is 0 Å². The minimum absolute atomic E-state index is 1.05.